The summed E-state index contributed by atoms with van der Waals surface area (Å²) in [6.07, 6.45) is 4.59. The quantitative estimate of drug-likeness (QED) is 0.501. The molecule has 1 atom stereocenters. The summed E-state index contributed by atoms with van der Waals surface area (Å²) >= 11 is 1.78. The standard InChI is InChI=1S/C17H33N3O3S/c1-14(21)12-15(17(23)19(3)10-9-18-2)13-20(4)16(22)8-6-7-11-24-5/h15,18H,6-13H2,1-5H3. The SMILES string of the molecule is CNCCN(C)C(=O)C(CC(C)=O)CN(C)C(=O)CCCCSC. The highest BCUT2D eigenvalue weighted by Gasteiger charge is 2.26. The molecule has 0 bridgehead atoms. The number of nitrogens with zero attached hydrogens (tertiary/aromatic N) is 2. The van der Waals surface area contributed by atoms with E-state index >= 15 is 0 Å². The van der Waals surface area contributed by atoms with E-state index in [1.54, 1.807) is 35.7 Å². The van der Waals surface area contributed by atoms with Gasteiger partial charge in [-0.1, -0.05) is 0 Å². The van der Waals surface area contributed by atoms with Gasteiger partial charge in [-0.25, -0.2) is 0 Å². The van der Waals surface area contributed by atoms with Gasteiger partial charge in [0.25, 0.3) is 0 Å². The highest BCUT2D eigenvalue weighted by atomic mass is 32.2. The van der Waals surface area contributed by atoms with Crippen molar-refractivity contribution in [1.29, 1.82) is 0 Å². The van der Waals surface area contributed by atoms with E-state index in [1.165, 1.54) is 6.92 Å². The Kier molecular flexibility index (Phi) is 12.6. The first-order chi connectivity index (χ1) is 11.3. The number of ketones is 1. The molecule has 2 amide bonds. The molecule has 6 nitrogen and oxygen atoms in total. The molecular weight excluding hydrogens is 326 g/mol. The van der Waals surface area contributed by atoms with Crippen LogP contribution >= 0.6 is 11.8 Å². The molecule has 0 aromatic carbocycles. The van der Waals surface area contributed by atoms with Crippen molar-refractivity contribution in [3.05, 3.63) is 0 Å². The van der Waals surface area contributed by atoms with E-state index in [1.807, 2.05) is 7.05 Å². The van der Waals surface area contributed by atoms with Crippen LogP contribution in [-0.2, 0) is 14.4 Å². The minimum absolute atomic E-state index is 0.0313. The zero-order chi connectivity index (χ0) is 18.5. The van der Waals surface area contributed by atoms with Crippen LogP contribution in [0.25, 0.3) is 0 Å². The molecule has 0 spiro atoms. The Bertz CT molecular complexity index is 405. The molecular formula is C17H33N3O3S. The first-order valence-corrected chi connectivity index (χ1v) is 9.84. The van der Waals surface area contributed by atoms with Gasteiger partial charge >= 0.3 is 0 Å². The smallest absolute Gasteiger partial charge is 0.227 e. The van der Waals surface area contributed by atoms with Gasteiger partial charge in [0.15, 0.2) is 0 Å². The summed E-state index contributed by atoms with van der Waals surface area (Å²) in [4.78, 5) is 39.5. The highest BCUT2D eigenvalue weighted by Crippen LogP contribution is 2.12. The van der Waals surface area contributed by atoms with Crippen molar-refractivity contribution in [1.82, 2.24) is 15.1 Å². The van der Waals surface area contributed by atoms with Gasteiger partial charge in [0.2, 0.25) is 11.8 Å². The summed E-state index contributed by atoms with van der Waals surface area (Å²) in [5.41, 5.74) is 0. The maximum atomic E-state index is 12.5. The predicted molar refractivity (Wildman–Crippen MR) is 100 cm³/mol. The Labute approximate surface area is 150 Å². The monoisotopic (exact) mass is 359 g/mol. The van der Waals surface area contributed by atoms with Crippen LogP contribution in [0.15, 0.2) is 0 Å². The highest BCUT2D eigenvalue weighted by molar-refractivity contribution is 7.98. The second kappa shape index (κ2) is 13.2. The van der Waals surface area contributed by atoms with Crippen molar-refractivity contribution in [3.8, 4) is 0 Å². The lowest BCUT2D eigenvalue weighted by Crippen LogP contribution is -2.43. The maximum absolute atomic E-state index is 12.5. The Hall–Kier alpha value is -1.08. The Morgan fingerprint density at radius 2 is 1.79 bits per heavy atom. The molecule has 0 aliphatic rings. The fraction of sp³-hybridized carbons (Fsp3) is 0.824. The van der Waals surface area contributed by atoms with E-state index < -0.39 is 5.92 Å². The number of carbonyl (C=O) groups is 3. The lowest BCUT2D eigenvalue weighted by molar-refractivity contribution is -0.139. The molecule has 0 aromatic rings. The number of hydrogen-bond acceptors (Lipinski definition) is 5. The van der Waals surface area contributed by atoms with Gasteiger partial charge in [0, 0.05) is 46.6 Å². The summed E-state index contributed by atoms with van der Waals surface area (Å²) < 4.78 is 0. The van der Waals surface area contributed by atoms with Crippen LogP contribution in [0.5, 0.6) is 0 Å². The number of amides is 2. The minimum Gasteiger partial charge on any atom is -0.345 e. The summed E-state index contributed by atoms with van der Waals surface area (Å²) in [5, 5.41) is 3.00. The minimum atomic E-state index is -0.468. The molecule has 0 radical (unpaired) electrons. The number of unbranched alkanes of at least 4 members (excludes halogenated alkanes) is 1. The number of likely N-dealkylation sites (N-methyl/N-ethyl adjacent to an activating group) is 2. The van der Waals surface area contributed by atoms with E-state index in [0.717, 1.165) is 18.6 Å². The van der Waals surface area contributed by atoms with Crippen LogP contribution < -0.4 is 5.32 Å². The van der Waals surface area contributed by atoms with Gasteiger partial charge in [-0.15, -0.1) is 0 Å². The van der Waals surface area contributed by atoms with E-state index in [-0.39, 0.29) is 24.0 Å². The van der Waals surface area contributed by atoms with Gasteiger partial charge in [-0.05, 0) is 38.8 Å². The number of hydrogen-bond donors (Lipinski definition) is 1. The number of Topliss-reactive ketones (excluding diaryl/α,β-unsaturated/α-hetero) is 1. The van der Waals surface area contributed by atoms with E-state index in [2.05, 4.69) is 11.6 Å². The Morgan fingerprint density at radius 1 is 1.12 bits per heavy atom. The zero-order valence-corrected chi connectivity index (χ0v) is 16.6. The Morgan fingerprint density at radius 3 is 2.33 bits per heavy atom. The topological polar surface area (TPSA) is 69.7 Å². The number of nitrogens with one attached hydrogen (secondary N) is 1. The van der Waals surface area contributed by atoms with Crippen molar-refractivity contribution >= 4 is 29.4 Å². The molecule has 0 fully saturated rings. The number of thioether (sulfide) groups is 1. The van der Waals surface area contributed by atoms with Crippen LogP contribution in [0, 0.1) is 5.92 Å². The lowest BCUT2D eigenvalue weighted by atomic mass is 10.0. The second-order valence-electron chi connectivity index (χ2n) is 6.19. The molecule has 0 aliphatic heterocycles. The van der Waals surface area contributed by atoms with Crippen LogP contribution in [0.3, 0.4) is 0 Å². The second-order valence-corrected chi connectivity index (χ2v) is 7.18. The van der Waals surface area contributed by atoms with Gasteiger partial charge in [-0.3, -0.25) is 9.59 Å². The molecule has 0 saturated heterocycles. The third kappa shape index (κ3) is 9.93. The van der Waals surface area contributed by atoms with Gasteiger partial charge < -0.3 is 19.9 Å². The summed E-state index contributed by atoms with van der Waals surface area (Å²) in [5.74, 6) is 0.511. The fourth-order valence-corrected chi connectivity index (χ4v) is 2.92. The van der Waals surface area contributed by atoms with Crippen molar-refractivity contribution in [2.45, 2.75) is 32.6 Å². The average Bonchev–Trinajstić information content (AvgIpc) is 2.54. The van der Waals surface area contributed by atoms with Crippen molar-refractivity contribution in [2.24, 2.45) is 5.92 Å². The van der Waals surface area contributed by atoms with Gasteiger partial charge in [0.1, 0.15) is 5.78 Å². The molecule has 1 N–H and O–H groups in total. The maximum Gasteiger partial charge on any atom is 0.227 e. The normalized spacial score (nSPS) is 11.9. The van der Waals surface area contributed by atoms with Crippen molar-refractivity contribution < 1.29 is 14.4 Å². The third-order valence-electron chi connectivity index (χ3n) is 3.87. The third-order valence-corrected chi connectivity index (χ3v) is 4.56. The largest absolute Gasteiger partial charge is 0.345 e. The molecule has 7 heteroatoms. The van der Waals surface area contributed by atoms with E-state index in [4.69, 9.17) is 0 Å². The first-order valence-electron chi connectivity index (χ1n) is 8.45. The molecule has 0 aromatic heterocycles. The van der Waals surface area contributed by atoms with Crippen molar-refractivity contribution in [2.75, 3.05) is 52.8 Å². The molecule has 0 aliphatic carbocycles. The fourth-order valence-electron chi connectivity index (χ4n) is 2.42. The molecule has 24 heavy (non-hydrogen) atoms. The average molecular weight is 360 g/mol. The molecule has 1 unspecified atom stereocenters. The van der Waals surface area contributed by atoms with Crippen molar-refractivity contribution in [3.63, 3.8) is 0 Å². The molecule has 0 saturated carbocycles. The molecule has 0 rings (SSSR count). The van der Waals surface area contributed by atoms with E-state index in [0.29, 0.717) is 26.1 Å². The Balaban J connectivity index is 4.61. The molecule has 140 valence electrons. The summed E-state index contributed by atoms with van der Waals surface area (Å²) in [6, 6.07) is 0. The lowest BCUT2D eigenvalue weighted by Gasteiger charge is -2.27. The van der Waals surface area contributed by atoms with Gasteiger partial charge in [-0.2, -0.15) is 11.8 Å². The number of rotatable bonds is 13. The van der Waals surface area contributed by atoms with Crippen LogP contribution in [0.4, 0.5) is 0 Å². The predicted octanol–water partition coefficient (Wildman–Crippen LogP) is 1.25. The van der Waals surface area contributed by atoms with Gasteiger partial charge in [0.05, 0.1) is 5.92 Å². The van der Waals surface area contributed by atoms with E-state index in [9.17, 15) is 14.4 Å². The summed E-state index contributed by atoms with van der Waals surface area (Å²) in [6.45, 7) is 3.05. The number of carbonyl (C=O) groups excluding carboxylic acids is 3. The molecule has 0 heterocycles. The summed E-state index contributed by atoms with van der Waals surface area (Å²) in [7, 11) is 5.27. The van der Waals surface area contributed by atoms with Crippen LogP contribution in [0.1, 0.15) is 32.6 Å². The van der Waals surface area contributed by atoms with Crippen LogP contribution in [0.2, 0.25) is 0 Å². The van der Waals surface area contributed by atoms with Crippen LogP contribution in [-0.4, -0.2) is 80.2 Å². The zero-order valence-electron chi connectivity index (χ0n) is 15.8. The first kappa shape index (κ1) is 22.9.